The minimum atomic E-state index is -4.54. The van der Waals surface area contributed by atoms with Gasteiger partial charge in [-0.3, -0.25) is 13.8 Å². The Bertz CT molecular complexity index is 1760. The number of hydrogen-bond acceptors (Lipinski definition) is 12. The normalized spacial score (nSPS) is 14.0. The molecule has 0 radical (unpaired) electrons. The van der Waals surface area contributed by atoms with Crippen LogP contribution in [0.5, 0.6) is 0 Å². The number of nitrogen functional groups attached to an aromatic ring is 1. The number of esters is 2. The molecule has 0 amide bonds. The third-order valence-electron chi connectivity index (χ3n) is 10.1. The zero-order valence-corrected chi connectivity index (χ0v) is 36.2. The van der Waals surface area contributed by atoms with Crippen molar-refractivity contribution in [2.75, 3.05) is 39.3 Å². The van der Waals surface area contributed by atoms with Crippen LogP contribution in [0.2, 0.25) is 0 Å². The lowest BCUT2D eigenvalue weighted by Gasteiger charge is -2.30. The lowest BCUT2D eigenvalue weighted by atomic mass is 10.0. The molecule has 3 atom stereocenters. The number of carbonyl (C=O) groups excluding carboxylic acids is 2. The maximum atomic E-state index is 14.6. The Hall–Kier alpha value is -3.93. The third kappa shape index (κ3) is 18.5. The second kappa shape index (κ2) is 27.8. The van der Waals surface area contributed by atoms with Crippen LogP contribution in [0, 0.1) is 18.4 Å². The molecule has 0 bridgehead atoms. The molecule has 2 aromatic heterocycles. The van der Waals surface area contributed by atoms with Gasteiger partial charge in [0.15, 0.2) is 23.7 Å². The van der Waals surface area contributed by atoms with Crippen molar-refractivity contribution in [2.45, 2.75) is 148 Å². The highest BCUT2D eigenvalue weighted by atomic mass is 31.2. The van der Waals surface area contributed by atoms with Gasteiger partial charge in [0.1, 0.15) is 11.6 Å². The summed E-state index contributed by atoms with van der Waals surface area (Å²) in [5, 5.41) is 2.76. The smallest absolute Gasteiger partial charge is 0.406 e. The molecule has 0 saturated heterocycles. The van der Waals surface area contributed by atoms with Crippen LogP contribution in [0.4, 0.5) is 10.2 Å². The molecule has 3 aromatic rings. The van der Waals surface area contributed by atoms with Crippen molar-refractivity contribution in [1.29, 1.82) is 0 Å². The summed E-state index contributed by atoms with van der Waals surface area (Å²) in [6.07, 6.45) is 23.7. The van der Waals surface area contributed by atoms with Gasteiger partial charge in [-0.1, -0.05) is 140 Å². The first kappa shape index (κ1) is 49.4. The molecule has 1 aromatic carbocycles. The van der Waals surface area contributed by atoms with Crippen LogP contribution >= 0.6 is 7.75 Å². The summed E-state index contributed by atoms with van der Waals surface area (Å²) < 4.78 is 58.6. The number of fused-ring (bicyclic) bond motifs is 1. The Kier molecular flexibility index (Phi) is 23.3. The molecule has 0 saturated carbocycles. The quantitative estimate of drug-likeness (QED) is 0.0196. The molecule has 3 N–H and O–H groups in total. The summed E-state index contributed by atoms with van der Waals surface area (Å²) in [5.74, 6) is 1.05. The molecule has 1 unspecified atom stereocenters. The molecule has 3 rings (SSSR count). The van der Waals surface area contributed by atoms with Crippen molar-refractivity contribution < 1.29 is 41.8 Å². The Balaban J connectivity index is 1.73. The first-order valence-corrected chi connectivity index (χ1v) is 22.8. The first-order chi connectivity index (χ1) is 28.6. The fourth-order valence-corrected chi connectivity index (χ4v) is 7.90. The van der Waals surface area contributed by atoms with Crippen LogP contribution in [-0.4, -0.2) is 76.6 Å². The minimum Gasteiger partial charge on any atom is -0.465 e. The van der Waals surface area contributed by atoms with Gasteiger partial charge >= 0.3 is 25.8 Å². The summed E-state index contributed by atoms with van der Waals surface area (Å²) in [4.78, 5) is 38.0. The summed E-state index contributed by atoms with van der Waals surface area (Å²) in [6, 6.07) is 7.96. The summed E-state index contributed by atoms with van der Waals surface area (Å²) in [5.41, 5.74) is 5.42. The second-order valence-corrected chi connectivity index (χ2v) is 16.6. The van der Waals surface area contributed by atoms with Crippen LogP contribution in [-0.2, 0) is 50.4 Å². The van der Waals surface area contributed by atoms with Gasteiger partial charge in [0.25, 0.3) is 0 Å². The minimum absolute atomic E-state index is 0.0473. The number of nitrogens with one attached hydrogen (secondary N) is 1. The molecule has 59 heavy (non-hydrogen) atoms. The van der Waals surface area contributed by atoms with Crippen LogP contribution in [0.15, 0.2) is 36.7 Å². The highest BCUT2D eigenvalue weighted by Crippen LogP contribution is 2.46. The van der Waals surface area contributed by atoms with E-state index in [0.717, 1.165) is 44.1 Å². The maximum absolute atomic E-state index is 14.6. The molecule has 0 aliphatic carbocycles. The van der Waals surface area contributed by atoms with Gasteiger partial charge in [-0.25, -0.2) is 19.4 Å². The van der Waals surface area contributed by atoms with E-state index < -0.39 is 50.6 Å². The van der Waals surface area contributed by atoms with E-state index in [9.17, 15) is 18.5 Å². The van der Waals surface area contributed by atoms with E-state index >= 15 is 0 Å². The largest absolute Gasteiger partial charge is 0.465 e. The Morgan fingerprint density at radius 2 is 1.49 bits per heavy atom. The van der Waals surface area contributed by atoms with E-state index in [4.69, 9.17) is 35.4 Å². The number of carbonyl (C=O) groups is 2. The molecular formula is C43H66FN6O8P. The number of unbranched alkanes of at least 4 members (excludes halogenated alkanes) is 14. The van der Waals surface area contributed by atoms with E-state index in [1.165, 1.54) is 69.4 Å². The number of hydrogen-bond donors (Lipinski definition) is 2. The fourth-order valence-electron chi connectivity index (χ4n) is 6.44. The highest BCUT2D eigenvalue weighted by molar-refractivity contribution is 7.51. The number of ether oxygens (including phenoxy) is 3. The van der Waals surface area contributed by atoms with Crippen LogP contribution in [0.1, 0.15) is 129 Å². The number of aromatic nitrogens is 4. The average Bonchev–Trinajstić information content (AvgIpc) is 3.65. The molecule has 0 aliphatic rings. The number of imidazole rings is 1. The number of rotatable bonds is 33. The van der Waals surface area contributed by atoms with E-state index in [1.807, 2.05) is 30.3 Å². The fraction of sp³-hybridized carbons (Fsp3) is 0.651. The van der Waals surface area contributed by atoms with Gasteiger partial charge in [0, 0.05) is 20.1 Å². The molecular weight excluding hydrogens is 778 g/mol. The first-order valence-electron chi connectivity index (χ1n) is 21.3. The van der Waals surface area contributed by atoms with Gasteiger partial charge in [0.05, 0.1) is 26.1 Å². The van der Waals surface area contributed by atoms with Gasteiger partial charge in [0.2, 0.25) is 0 Å². The van der Waals surface area contributed by atoms with E-state index in [-0.39, 0.29) is 49.6 Å². The second-order valence-electron chi connectivity index (χ2n) is 14.8. The topological polar surface area (TPSA) is 179 Å². The van der Waals surface area contributed by atoms with Crippen molar-refractivity contribution in [1.82, 2.24) is 24.6 Å². The summed E-state index contributed by atoms with van der Waals surface area (Å²) in [7, 11) is -3.18. The van der Waals surface area contributed by atoms with E-state index in [0.29, 0.717) is 12.8 Å². The third-order valence-corrected chi connectivity index (χ3v) is 11.6. The monoisotopic (exact) mass is 844 g/mol. The molecule has 16 heteroatoms. The molecule has 328 valence electrons. The van der Waals surface area contributed by atoms with Crippen molar-refractivity contribution in [3.63, 3.8) is 0 Å². The number of nitrogens with two attached hydrogens (primary N) is 1. The average molecular weight is 845 g/mol. The number of anilines is 1. The van der Waals surface area contributed by atoms with Gasteiger partial charge < -0.3 is 24.5 Å². The van der Waals surface area contributed by atoms with Gasteiger partial charge in [-0.05, 0) is 24.8 Å². The maximum Gasteiger partial charge on any atom is 0.406 e. The zero-order valence-electron chi connectivity index (χ0n) is 35.3. The van der Waals surface area contributed by atoms with Gasteiger partial charge in [-0.2, -0.15) is 14.4 Å². The Morgan fingerprint density at radius 1 is 0.898 bits per heavy atom. The highest BCUT2D eigenvalue weighted by Gasteiger charge is 2.38. The number of halogens is 1. The SMILES string of the molecule is C#C[C@](CCn1cnc2c(N)nc(F)nc21)(COP(=O)(N[C@@H](Cc1ccccc1)C(=O)OCCCCCCCCCC)OCC(=O)OCCCCCCCCCC)OC. The van der Waals surface area contributed by atoms with Crippen LogP contribution in [0.3, 0.4) is 0 Å². The Morgan fingerprint density at radius 3 is 2.08 bits per heavy atom. The zero-order chi connectivity index (χ0) is 42.8. The number of nitrogens with zero attached hydrogens (tertiary/aromatic N) is 4. The predicted molar refractivity (Wildman–Crippen MR) is 227 cm³/mol. The van der Waals surface area contributed by atoms with Crippen molar-refractivity contribution in [3.05, 3.63) is 48.3 Å². The van der Waals surface area contributed by atoms with E-state index in [2.05, 4.69) is 39.8 Å². The van der Waals surface area contributed by atoms with Crippen LogP contribution < -0.4 is 10.8 Å². The lowest BCUT2D eigenvalue weighted by Crippen LogP contribution is -2.41. The van der Waals surface area contributed by atoms with Crippen molar-refractivity contribution >= 4 is 36.7 Å². The van der Waals surface area contributed by atoms with Gasteiger partial charge in [-0.15, -0.1) is 6.42 Å². The molecule has 2 heterocycles. The number of terminal acetylenes is 1. The number of aryl methyl sites for hydroxylation is 1. The molecule has 0 spiro atoms. The molecule has 0 fully saturated rings. The molecule has 0 aliphatic heterocycles. The number of benzene rings is 1. The van der Waals surface area contributed by atoms with E-state index in [1.54, 1.807) is 0 Å². The number of methoxy groups -OCH3 is 1. The van der Waals surface area contributed by atoms with Crippen LogP contribution in [0.25, 0.3) is 11.2 Å². The lowest BCUT2D eigenvalue weighted by molar-refractivity contribution is -0.146. The van der Waals surface area contributed by atoms with Crippen molar-refractivity contribution in [2.24, 2.45) is 0 Å². The standard InChI is InChI=1S/C43H66FN6O8P/c1-5-8-10-12-14-16-18-23-29-55-37(51)32-57-59(53,58-33-43(7-3,54-4)27-28-50-34-46-38-39(45)47-42(44)48-40(38)50)49-36(31-35-25-21-20-22-26-35)41(52)56-30-24-19-17-15-13-11-9-6-2/h3,20-22,25-26,34,36H,5-6,8-19,23-24,27-33H2,1-2,4H3,(H,49,53)(H2,45,47,48)/t36-,43-,59?/m0/s1. The summed E-state index contributed by atoms with van der Waals surface area (Å²) >= 11 is 0. The summed E-state index contributed by atoms with van der Waals surface area (Å²) in [6.45, 7) is 3.63. The Labute approximate surface area is 349 Å². The molecule has 14 nitrogen and oxygen atoms in total. The predicted octanol–water partition coefficient (Wildman–Crippen LogP) is 8.67. The van der Waals surface area contributed by atoms with Crippen molar-refractivity contribution in [3.8, 4) is 12.3 Å².